The number of β-amino-alcohol motifs (C(OH)–C–C–N with tert-alkyl or cyclic N) is 1. The molecule has 11 heteroatoms. The molecule has 1 saturated carbocycles. The van der Waals surface area contributed by atoms with Crippen LogP contribution in [0.4, 0.5) is 5.69 Å². The number of nitrogens with one attached hydrogen (secondary N) is 1. The number of amides is 1. The maximum Gasteiger partial charge on any atom is 0.264 e. The summed E-state index contributed by atoms with van der Waals surface area (Å²) in [6.45, 7) is 10.1. The van der Waals surface area contributed by atoms with Gasteiger partial charge in [-0.15, -0.1) is 0 Å². The molecule has 0 aromatic heterocycles. The smallest absolute Gasteiger partial charge is 0.264 e. The number of carbonyl (C=O) groups excluding carboxylic acids is 1. The third kappa shape index (κ3) is 6.97. The molecule has 2 aromatic carbocycles. The number of piperazine rings is 1. The fourth-order valence-electron chi connectivity index (χ4n) is 9.36. The van der Waals surface area contributed by atoms with Gasteiger partial charge in [0.2, 0.25) is 10.0 Å². The molecule has 5 aliphatic rings. The van der Waals surface area contributed by atoms with Crippen LogP contribution in [0.15, 0.2) is 36.4 Å². The molecule has 1 spiro atoms. The molecule has 3 heterocycles. The van der Waals surface area contributed by atoms with Crippen molar-refractivity contribution in [1.82, 2.24) is 14.5 Å². The minimum atomic E-state index is -3.93. The van der Waals surface area contributed by atoms with Crippen molar-refractivity contribution in [1.29, 1.82) is 0 Å². The first-order valence-electron chi connectivity index (χ1n) is 18.4. The molecule has 9 nitrogen and oxygen atoms in total. The van der Waals surface area contributed by atoms with Gasteiger partial charge in [-0.3, -0.25) is 9.69 Å². The second kappa shape index (κ2) is 13.6. The third-order valence-corrected chi connectivity index (χ3v) is 14.9. The van der Waals surface area contributed by atoms with Crippen molar-refractivity contribution in [3.05, 3.63) is 58.1 Å². The summed E-state index contributed by atoms with van der Waals surface area (Å²) in [5, 5.41) is 12.7. The van der Waals surface area contributed by atoms with E-state index in [4.69, 9.17) is 16.3 Å². The number of rotatable bonds is 2. The number of halogens is 1. The van der Waals surface area contributed by atoms with Gasteiger partial charge in [-0.25, -0.2) is 13.1 Å². The number of likely N-dealkylation sites (N-methyl/N-ethyl adjacent to an activating group) is 1. The highest BCUT2D eigenvalue weighted by Crippen LogP contribution is 2.49. The summed E-state index contributed by atoms with van der Waals surface area (Å²) >= 11 is 6.47. The predicted octanol–water partition coefficient (Wildman–Crippen LogP) is 5.09. The molecular formula is C38H53ClN4O5S. The Balaban J connectivity index is 1.28. The van der Waals surface area contributed by atoms with Crippen molar-refractivity contribution in [2.45, 2.75) is 81.5 Å². The SMILES string of the molecule is C[C@@H]1[C@@H](C)CCC[C@](O)(CN2CCN(C)CC2)[C@@H]2CC[C@H]2CN2C[C@@]3(CCCc4cc(Cl)ccc43)COc3ccc(cc32)C(=O)NS1(=O)=O. The second-order valence-corrected chi connectivity index (χ2v) is 18.4. The number of carbonyl (C=O) groups is 1. The van der Waals surface area contributed by atoms with Gasteiger partial charge in [-0.1, -0.05) is 31.0 Å². The molecule has 0 radical (unpaired) electrons. The van der Waals surface area contributed by atoms with Crippen LogP contribution in [0.25, 0.3) is 0 Å². The van der Waals surface area contributed by atoms with E-state index in [-0.39, 0.29) is 23.2 Å². The van der Waals surface area contributed by atoms with Crippen LogP contribution in [0.5, 0.6) is 5.75 Å². The highest BCUT2D eigenvalue weighted by molar-refractivity contribution is 7.90. The number of nitrogens with zero attached hydrogens (tertiary/aromatic N) is 3. The first-order valence-corrected chi connectivity index (χ1v) is 20.3. The van der Waals surface area contributed by atoms with Gasteiger partial charge in [-0.2, -0.15) is 0 Å². The predicted molar refractivity (Wildman–Crippen MR) is 194 cm³/mol. The average molecular weight is 713 g/mol. The molecule has 49 heavy (non-hydrogen) atoms. The molecule has 2 bridgehead atoms. The zero-order valence-electron chi connectivity index (χ0n) is 29.3. The van der Waals surface area contributed by atoms with Gasteiger partial charge < -0.3 is 19.6 Å². The quantitative estimate of drug-likeness (QED) is 0.445. The maximum absolute atomic E-state index is 13.6. The Kier molecular flexibility index (Phi) is 9.76. The molecule has 268 valence electrons. The van der Waals surface area contributed by atoms with Gasteiger partial charge in [0.25, 0.3) is 5.91 Å². The first-order chi connectivity index (χ1) is 23.4. The number of ether oxygens (including phenoxy) is 1. The lowest BCUT2D eigenvalue weighted by molar-refractivity contribution is -0.109. The molecular weight excluding hydrogens is 660 g/mol. The highest BCUT2D eigenvalue weighted by Gasteiger charge is 2.49. The van der Waals surface area contributed by atoms with Gasteiger partial charge in [0.15, 0.2) is 0 Å². The molecule has 2 N–H and O–H groups in total. The Morgan fingerprint density at radius 2 is 1.82 bits per heavy atom. The van der Waals surface area contributed by atoms with Crippen LogP contribution >= 0.6 is 11.6 Å². The normalized spacial score (nSPS) is 34.1. The van der Waals surface area contributed by atoms with Crippen LogP contribution in [0, 0.1) is 17.8 Å². The Hall–Kier alpha value is -2.37. The Morgan fingerprint density at radius 3 is 2.57 bits per heavy atom. The highest BCUT2D eigenvalue weighted by atomic mass is 35.5. The zero-order valence-corrected chi connectivity index (χ0v) is 30.9. The topological polar surface area (TPSA) is 102 Å². The van der Waals surface area contributed by atoms with E-state index >= 15 is 0 Å². The number of hydrogen-bond acceptors (Lipinski definition) is 8. The molecule has 1 saturated heterocycles. The molecule has 2 fully saturated rings. The summed E-state index contributed by atoms with van der Waals surface area (Å²) in [6.07, 6.45) is 7.00. The standard InChI is InChI=1S/C38H53ClN4O5S/c1-26-6-4-15-38(45,24-42-18-16-41(3)17-19-42)33-11-8-30(33)22-43-23-37(14-5-7-28-20-31(39)10-12-32(28)37)25-48-35-13-9-29(21-34(35)43)36(44)40-49(46,47)27(26)2/h9-10,12-13,20-21,26-27,30,33,45H,4-8,11,14-19,22-25H2,1-3H3,(H,40,44)/t26-,27+,30-,33+,37-,38-/m0/s1. The van der Waals surface area contributed by atoms with Gasteiger partial charge in [-0.05, 0) is 118 Å². The number of aryl methyl sites for hydroxylation is 1. The van der Waals surface area contributed by atoms with Crippen molar-refractivity contribution in [2.75, 3.05) is 64.4 Å². The van der Waals surface area contributed by atoms with Crippen LogP contribution in [-0.2, 0) is 21.9 Å². The Labute approximate surface area is 297 Å². The summed E-state index contributed by atoms with van der Waals surface area (Å²) < 4.78 is 36.0. The number of fused-ring (bicyclic) bond motifs is 4. The Morgan fingerprint density at radius 1 is 1.02 bits per heavy atom. The van der Waals surface area contributed by atoms with Crippen LogP contribution in [0.2, 0.25) is 5.02 Å². The summed E-state index contributed by atoms with van der Waals surface area (Å²) in [7, 11) is -1.78. The number of anilines is 1. The van der Waals surface area contributed by atoms with Gasteiger partial charge in [0.1, 0.15) is 5.75 Å². The first kappa shape index (κ1) is 35.1. The monoisotopic (exact) mass is 712 g/mol. The molecule has 2 aromatic rings. The molecule has 1 amide bonds. The van der Waals surface area contributed by atoms with Crippen LogP contribution in [-0.4, -0.2) is 99.6 Å². The number of benzene rings is 2. The second-order valence-electron chi connectivity index (χ2n) is 16.0. The summed E-state index contributed by atoms with van der Waals surface area (Å²) in [6, 6.07) is 11.5. The van der Waals surface area contributed by atoms with E-state index < -0.39 is 26.8 Å². The molecule has 2 aliphatic carbocycles. The van der Waals surface area contributed by atoms with E-state index in [1.807, 2.05) is 25.1 Å². The fraction of sp³-hybridized carbons (Fsp3) is 0.658. The van der Waals surface area contributed by atoms with Crippen molar-refractivity contribution >= 4 is 33.2 Å². The number of aliphatic hydroxyl groups is 1. The largest absolute Gasteiger partial charge is 0.490 e. The lowest BCUT2D eigenvalue weighted by Crippen LogP contribution is -2.58. The van der Waals surface area contributed by atoms with Gasteiger partial charge in [0, 0.05) is 61.8 Å². The van der Waals surface area contributed by atoms with Gasteiger partial charge in [0.05, 0.1) is 23.1 Å². The van der Waals surface area contributed by atoms with E-state index in [0.717, 1.165) is 82.0 Å². The van der Waals surface area contributed by atoms with E-state index in [2.05, 4.69) is 38.6 Å². The Bertz CT molecular complexity index is 1670. The van der Waals surface area contributed by atoms with Crippen molar-refractivity contribution in [2.24, 2.45) is 17.8 Å². The van der Waals surface area contributed by atoms with Crippen molar-refractivity contribution in [3.8, 4) is 5.75 Å². The van der Waals surface area contributed by atoms with E-state index in [1.54, 1.807) is 13.0 Å². The number of hydrogen-bond donors (Lipinski definition) is 2. The lowest BCUT2D eigenvalue weighted by atomic mass is 9.62. The fourth-order valence-corrected chi connectivity index (χ4v) is 10.9. The third-order valence-electron chi connectivity index (χ3n) is 12.8. The van der Waals surface area contributed by atoms with E-state index in [1.165, 1.54) is 11.1 Å². The van der Waals surface area contributed by atoms with E-state index in [0.29, 0.717) is 43.9 Å². The summed E-state index contributed by atoms with van der Waals surface area (Å²) in [5.74, 6) is 0.307. The molecule has 6 atom stereocenters. The van der Waals surface area contributed by atoms with Gasteiger partial charge >= 0.3 is 0 Å². The molecule has 0 unspecified atom stereocenters. The van der Waals surface area contributed by atoms with E-state index in [9.17, 15) is 18.3 Å². The zero-order chi connectivity index (χ0) is 34.6. The minimum Gasteiger partial charge on any atom is -0.490 e. The van der Waals surface area contributed by atoms with Crippen LogP contribution in [0.3, 0.4) is 0 Å². The van der Waals surface area contributed by atoms with Crippen molar-refractivity contribution < 1.29 is 23.1 Å². The number of sulfonamides is 1. The van der Waals surface area contributed by atoms with Crippen LogP contribution in [0.1, 0.15) is 80.3 Å². The maximum atomic E-state index is 13.6. The molecule has 7 rings (SSSR count). The lowest BCUT2D eigenvalue weighted by Gasteiger charge is -2.52. The van der Waals surface area contributed by atoms with Crippen molar-refractivity contribution in [3.63, 3.8) is 0 Å². The average Bonchev–Trinajstić information content (AvgIpc) is 3.19. The minimum absolute atomic E-state index is 0.129. The summed E-state index contributed by atoms with van der Waals surface area (Å²) in [5.41, 5.74) is 2.50. The molecule has 3 aliphatic heterocycles. The van der Waals surface area contributed by atoms with Crippen LogP contribution < -0.4 is 14.4 Å². The summed E-state index contributed by atoms with van der Waals surface area (Å²) in [4.78, 5) is 20.7.